The summed E-state index contributed by atoms with van der Waals surface area (Å²) in [5.74, 6) is 0.945. The van der Waals surface area contributed by atoms with Crippen LogP contribution in [0, 0.1) is 5.92 Å². The second-order valence-electron chi connectivity index (χ2n) is 5.89. The highest BCUT2D eigenvalue weighted by atomic mass is 15.1. The Morgan fingerprint density at radius 1 is 1.18 bits per heavy atom. The van der Waals surface area contributed by atoms with E-state index in [0.717, 1.165) is 12.0 Å². The van der Waals surface area contributed by atoms with E-state index in [2.05, 4.69) is 22.6 Å². The molecule has 0 saturated carbocycles. The zero-order valence-corrected chi connectivity index (χ0v) is 11.4. The minimum atomic E-state index is 0.786. The minimum Gasteiger partial charge on any atom is -0.317 e. The van der Waals surface area contributed by atoms with Crippen LogP contribution in [0.2, 0.25) is 0 Å². The number of nitrogens with one attached hydrogen (secondary N) is 2. The van der Waals surface area contributed by atoms with E-state index in [4.69, 9.17) is 0 Å². The summed E-state index contributed by atoms with van der Waals surface area (Å²) in [6.45, 7) is 6.26. The molecule has 0 bridgehead atoms. The Hall–Kier alpha value is -0.120. The summed E-state index contributed by atoms with van der Waals surface area (Å²) in [6.07, 6.45) is 8.26. The van der Waals surface area contributed by atoms with Gasteiger partial charge >= 0.3 is 0 Å². The molecule has 2 fully saturated rings. The average molecular weight is 239 g/mol. The maximum absolute atomic E-state index is 3.62. The molecule has 2 heterocycles. The Morgan fingerprint density at radius 2 is 2.06 bits per heavy atom. The highest BCUT2D eigenvalue weighted by Crippen LogP contribution is 2.17. The molecule has 0 aromatic carbocycles. The van der Waals surface area contributed by atoms with Crippen molar-refractivity contribution in [2.45, 2.75) is 44.6 Å². The van der Waals surface area contributed by atoms with Crippen molar-refractivity contribution in [1.82, 2.24) is 15.5 Å². The van der Waals surface area contributed by atoms with Crippen LogP contribution in [0.1, 0.15) is 38.5 Å². The summed E-state index contributed by atoms with van der Waals surface area (Å²) in [6, 6.07) is 0.786. The van der Waals surface area contributed by atoms with Gasteiger partial charge < -0.3 is 15.5 Å². The number of hydrogen-bond acceptors (Lipinski definition) is 3. The first-order valence-corrected chi connectivity index (χ1v) is 7.47. The number of piperidine rings is 1. The van der Waals surface area contributed by atoms with Crippen LogP contribution < -0.4 is 10.6 Å². The quantitative estimate of drug-likeness (QED) is 0.687. The predicted molar refractivity (Wildman–Crippen MR) is 73.3 cm³/mol. The van der Waals surface area contributed by atoms with E-state index in [9.17, 15) is 0 Å². The molecule has 0 spiro atoms. The van der Waals surface area contributed by atoms with Crippen LogP contribution >= 0.6 is 0 Å². The largest absolute Gasteiger partial charge is 0.317 e. The smallest absolute Gasteiger partial charge is 0.00791 e. The van der Waals surface area contributed by atoms with Crippen molar-refractivity contribution in [3.63, 3.8) is 0 Å². The third-order valence-corrected chi connectivity index (χ3v) is 4.30. The fourth-order valence-electron chi connectivity index (χ4n) is 3.14. The zero-order valence-electron chi connectivity index (χ0n) is 11.4. The molecule has 0 amide bonds. The number of hydrogen-bond donors (Lipinski definition) is 2. The van der Waals surface area contributed by atoms with E-state index in [1.807, 2.05) is 0 Å². The van der Waals surface area contributed by atoms with Crippen molar-refractivity contribution in [1.29, 1.82) is 0 Å². The van der Waals surface area contributed by atoms with Gasteiger partial charge in [0.15, 0.2) is 0 Å². The lowest BCUT2D eigenvalue weighted by atomic mass is 10.0. The summed E-state index contributed by atoms with van der Waals surface area (Å²) in [7, 11) is 2.24. The van der Waals surface area contributed by atoms with Gasteiger partial charge in [-0.05, 0) is 71.2 Å². The number of nitrogens with zero attached hydrogens (tertiary/aromatic N) is 1. The first kappa shape index (κ1) is 13.3. The van der Waals surface area contributed by atoms with Crippen LogP contribution in [0.15, 0.2) is 0 Å². The molecular formula is C14H29N3. The van der Waals surface area contributed by atoms with Gasteiger partial charge in [-0.1, -0.05) is 6.42 Å². The van der Waals surface area contributed by atoms with Crippen molar-refractivity contribution in [3.05, 3.63) is 0 Å². The van der Waals surface area contributed by atoms with Crippen molar-refractivity contribution < 1.29 is 0 Å². The normalized spacial score (nSPS) is 30.9. The van der Waals surface area contributed by atoms with E-state index in [0.29, 0.717) is 0 Å². The monoisotopic (exact) mass is 239 g/mol. The van der Waals surface area contributed by atoms with Crippen LogP contribution in [-0.4, -0.2) is 50.7 Å². The molecule has 2 saturated heterocycles. The fraction of sp³-hybridized carbons (Fsp3) is 1.00. The van der Waals surface area contributed by atoms with Crippen LogP contribution in [0.25, 0.3) is 0 Å². The van der Waals surface area contributed by atoms with E-state index < -0.39 is 0 Å². The first-order chi connectivity index (χ1) is 8.34. The Morgan fingerprint density at radius 3 is 2.76 bits per heavy atom. The lowest BCUT2D eigenvalue weighted by Crippen LogP contribution is -2.36. The number of likely N-dealkylation sites (tertiary alicyclic amines) is 1. The molecule has 3 heteroatoms. The summed E-state index contributed by atoms with van der Waals surface area (Å²) in [4.78, 5) is 2.45. The standard InChI is InChI=1S/C14H29N3/c1-17-11-7-13(12-17)5-9-15-10-6-14-4-2-3-8-16-14/h13-16H,2-12H2,1H3. The summed E-state index contributed by atoms with van der Waals surface area (Å²) in [5.41, 5.74) is 0. The fourth-order valence-corrected chi connectivity index (χ4v) is 3.14. The first-order valence-electron chi connectivity index (χ1n) is 7.47. The summed E-state index contributed by atoms with van der Waals surface area (Å²) >= 11 is 0. The second-order valence-corrected chi connectivity index (χ2v) is 5.89. The molecule has 3 nitrogen and oxygen atoms in total. The Labute approximate surface area is 106 Å². The Bertz CT molecular complexity index is 195. The number of rotatable bonds is 6. The Balaban J connectivity index is 1.43. The van der Waals surface area contributed by atoms with Crippen LogP contribution in [0.4, 0.5) is 0 Å². The van der Waals surface area contributed by atoms with Crippen molar-refractivity contribution in [3.8, 4) is 0 Å². The third kappa shape index (κ3) is 4.94. The van der Waals surface area contributed by atoms with Gasteiger partial charge in [0.05, 0.1) is 0 Å². The van der Waals surface area contributed by atoms with Gasteiger partial charge in [-0.25, -0.2) is 0 Å². The van der Waals surface area contributed by atoms with Gasteiger partial charge in [0, 0.05) is 12.6 Å². The molecule has 0 aromatic rings. The van der Waals surface area contributed by atoms with Gasteiger partial charge in [-0.3, -0.25) is 0 Å². The van der Waals surface area contributed by atoms with Gasteiger partial charge in [0.25, 0.3) is 0 Å². The molecule has 0 radical (unpaired) electrons. The highest BCUT2D eigenvalue weighted by molar-refractivity contribution is 4.75. The SMILES string of the molecule is CN1CCC(CCNCCC2CCCCN2)C1. The molecule has 2 rings (SSSR count). The van der Waals surface area contributed by atoms with Crippen LogP contribution in [-0.2, 0) is 0 Å². The molecule has 2 aliphatic heterocycles. The molecule has 100 valence electrons. The molecule has 2 atom stereocenters. The Kier molecular flexibility index (Phi) is 5.75. The molecular weight excluding hydrogens is 210 g/mol. The van der Waals surface area contributed by atoms with Gasteiger partial charge in [0.2, 0.25) is 0 Å². The van der Waals surface area contributed by atoms with Crippen molar-refractivity contribution in [2.75, 3.05) is 39.8 Å². The highest BCUT2D eigenvalue weighted by Gasteiger charge is 2.18. The third-order valence-electron chi connectivity index (χ3n) is 4.30. The summed E-state index contributed by atoms with van der Waals surface area (Å²) < 4.78 is 0. The van der Waals surface area contributed by atoms with E-state index in [1.54, 1.807) is 0 Å². The van der Waals surface area contributed by atoms with Gasteiger partial charge in [-0.15, -0.1) is 0 Å². The maximum Gasteiger partial charge on any atom is 0.00791 e. The van der Waals surface area contributed by atoms with Crippen molar-refractivity contribution in [2.24, 2.45) is 5.92 Å². The minimum absolute atomic E-state index is 0.786. The van der Waals surface area contributed by atoms with Crippen LogP contribution in [0.3, 0.4) is 0 Å². The topological polar surface area (TPSA) is 27.3 Å². The molecule has 0 aromatic heterocycles. The van der Waals surface area contributed by atoms with E-state index in [-0.39, 0.29) is 0 Å². The lowest BCUT2D eigenvalue weighted by Gasteiger charge is -2.23. The van der Waals surface area contributed by atoms with E-state index in [1.165, 1.54) is 71.2 Å². The average Bonchev–Trinajstić information content (AvgIpc) is 2.76. The predicted octanol–water partition coefficient (Wildman–Crippen LogP) is 1.45. The molecule has 17 heavy (non-hydrogen) atoms. The molecule has 0 aliphatic carbocycles. The molecule has 2 unspecified atom stereocenters. The second kappa shape index (κ2) is 7.34. The van der Waals surface area contributed by atoms with Crippen LogP contribution in [0.5, 0.6) is 0 Å². The van der Waals surface area contributed by atoms with Gasteiger partial charge in [0.1, 0.15) is 0 Å². The summed E-state index contributed by atoms with van der Waals surface area (Å²) in [5, 5.41) is 7.23. The zero-order chi connectivity index (χ0) is 11.9. The lowest BCUT2D eigenvalue weighted by molar-refractivity contribution is 0.367. The molecule has 2 aliphatic rings. The van der Waals surface area contributed by atoms with E-state index >= 15 is 0 Å². The molecule has 2 N–H and O–H groups in total. The maximum atomic E-state index is 3.62. The van der Waals surface area contributed by atoms with Gasteiger partial charge in [-0.2, -0.15) is 0 Å². The van der Waals surface area contributed by atoms with Crippen molar-refractivity contribution >= 4 is 0 Å².